The maximum absolute atomic E-state index is 11.6. The van der Waals surface area contributed by atoms with Crippen LogP contribution in [-0.4, -0.2) is 23.2 Å². The molecule has 0 unspecified atom stereocenters. The van der Waals surface area contributed by atoms with Gasteiger partial charge < -0.3 is 10.1 Å². The SMILES string of the molecule is CNC(=O)c1[nH]nc2c1COc1ccccc1-2. The van der Waals surface area contributed by atoms with Crippen molar-refractivity contribution in [2.45, 2.75) is 6.61 Å². The van der Waals surface area contributed by atoms with Crippen molar-refractivity contribution in [1.82, 2.24) is 15.5 Å². The van der Waals surface area contributed by atoms with E-state index < -0.39 is 0 Å². The van der Waals surface area contributed by atoms with Crippen LogP contribution in [0.4, 0.5) is 0 Å². The summed E-state index contributed by atoms with van der Waals surface area (Å²) in [6, 6.07) is 7.66. The average molecular weight is 229 g/mol. The Morgan fingerprint density at radius 2 is 2.29 bits per heavy atom. The van der Waals surface area contributed by atoms with E-state index in [1.807, 2.05) is 24.3 Å². The summed E-state index contributed by atoms with van der Waals surface area (Å²) in [6.45, 7) is 0.367. The molecule has 0 spiro atoms. The third kappa shape index (κ3) is 1.39. The van der Waals surface area contributed by atoms with Gasteiger partial charge in [0.1, 0.15) is 23.7 Å². The van der Waals surface area contributed by atoms with Crippen LogP contribution in [0.3, 0.4) is 0 Å². The number of carbonyl (C=O) groups excluding carboxylic acids is 1. The summed E-state index contributed by atoms with van der Waals surface area (Å²) in [6.07, 6.45) is 0. The zero-order valence-corrected chi connectivity index (χ0v) is 9.28. The van der Waals surface area contributed by atoms with Gasteiger partial charge in [-0.15, -0.1) is 0 Å². The molecule has 2 heterocycles. The summed E-state index contributed by atoms with van der Waals surface area (Å²) in [5, 5.41) is 9.54. The van der Waals surface area contributed by atoms with Gasteiger partial charge in [0.25, 0.3) is 5.91 Å². The molecule has 0 aliphatic carbocycles. The number of nitrogens with zero attached hydrogens (tertiary/aromatic N) is 1. The molecule has 86 valence electrons. The molecule has 2 N–H and O–H groups in total. The van der Waals surface area contributed by atoms with E-state index in [9.17, 15) is 4.79 Å². The van der Waals surface area contributed by atoms with Crippen LogP contribution in [0.5, 0.6) is 5.75 Å². The molecular formula is C12H11N3O2. The number of rotatable bonds is 1. The molecule has 1 aliphatic heterocycles. The van der Waals surface area contributed by atoms with Gasteiger partial charge >= 0.3 is 0 Å². The molecular weight excluding hydrogens is 218 g/mol. The van der Waals surface area contributed by atoms with Crippen LogP contribution >= 0.6 is 0 Å². The topological polar surface area (TPSA) is 67.0 Å². The molecule has 1 aliphatic rings. The van der Waals surface area contributed by atoms with Crippen LogP contribution in [0.1, 0.15) is 16.1 Å². The van der Waals surface area contributed by atoms with Crippen molar-refractivity contribution in [3.63, 3.8) is 0 Å². The van der Waals surface area contributed by atoms with Gasteiger partial charge in [0, 0.05) is 18.2 Å². The van der Waals surface area contributed by atoms with Gasteiger partial charge in [-0.3, -0.25) is 9.89 Å². The first kappa shape index (κ1) is 9.89. The molecule has 1 aromatic heterocycles. The Kier molecular flexibility index (Phi) is 2.11. The minimum absolute atomic E-state index is 0.179. The van der Waals surface area contributed by atoms with Crippen molar-refractivity contribution in [3.8, 4) is 17.0 Å². The number of aromatic nitrogens is 2. The van der Waals surface area contributed by atoms with E-state index in [4.69, 9.17) is 4.74 Å². The highest BCUT2D eigenvalue weighted by Crippen LogP contribution is 2.36. The Bertz CT molecular complexity index is 589. The Morgan fingerprint density at radius 3 is 3.12 bits per heavy atom. The van der Waals surface area contributed by atoms with Crippen molar-refractivity contribution < 1.29 is 9.53 Å². The second kappa shape index (κ2) is 3.62. The highest BCUT2D eigenvalue weighted by molar-refractivity contribution is 5.95. The molecule has 0 saturated heterocycles. The standard InChI is InChI=1S/C12H11N3O2/c1-13-12(16)11-8-6-17-9-5-3-2-4-7(9)10(8)14-15-11/h2-5H,6H2,1H3,(H,13,16)(H,14,15). The van der Waals surface area contributed by atoms with Crippen LogP contribution in [0.15, 0.2) is 24.3 Å². The number of amides is 1. The number of fused-ring (bicyclic) bond motifs is 3. The monoisotopic (exact) mass is 229 g/mol. The minimum atomic E-state index is -0.179. The Hall–Kier alpha value is -2.30. The van der Waals surface area contributed by atoms with Crippen LogP contribution in [0.2, 0.25) is 0 Å². The number of ether oxygens (including phenoxy) is 1. The lowest BCUT2D eigenvalue weighted by Crippen LogP contribution is -2.20. The lowest BCUT2D eigenvalue weighted by Gasteiger charge is -2.16. The second-order valence-corrected chi connectivity index (χ2v) is 3.79. The van der Waals surface area contributed by atoms with E-state index in [2.05, 4.69) is 15.5 Å². The molecule has 0 atom stereocenters. The van der Waals surface area contributed by atoms with Gasteiger partial charge in [0.15, 0.2) is 0 Å². The average Bonchev–Trinajstić information content (AvgIpc) is 2.82. The lowest BCUT2D eigenvalue weighted by atomic mass is 10.0. The second-order valence-electron chi connectivity index (χ2n) is 3.79. The molecule has 0 fully saturated rings. The lowest BCUT2D eigenvalue weighted by molar-refractivity contribution is 0.0955. The summed E-state index contributed by atoms with van der Waals surface area (Å²) in [7, 11) is 1.59. The quantitative estimate of drug-likeness (QED) is 0.775. The molecule has 0 radical (unpaired) electrons. The van der Waals surface area contributed by atoms with Gasteiger partial charge in [-0.2, -0.15) is 5.10 Å². The summed E-state index contributed by atoms with van der Waals surface area (Å²) in [4.78, 5) is 11.6. The van der Waals surface area contributed by atoms with Crippen LogP contribution in [0.25, 0.3) is 11.3 Å². The first-order valence-electron chi connectivity index (χ1n) is 5.33. The van der Waals surface area contributed by atoms with E-state index in [1.165, 1.54) is 0 Å². The summed E-state index contributed by atoms with van der Waals surface area (Å²) in [5.41, 5.74) is 2.99. The molecule has 3 rings (SSSR count). The Labute approximate surface area is 97.8 Å². The molecule has 0 saturated carbocycles. The predicted octanol–water partition coefficient (Wildman–Crippen LogP) is 1.33. The number of nitrogens with one attached hydrogen (secondary N) is 2. The summed E-state index contributed by atoms with van der Waals surface area (Å²) >= 11 is 0. The zero-order chi connectivity index (χ0) is 11.8. The fourth-order valence-corrected chi connectivity index (χ4v) is 1.98. The maximum atomic E-state index is 11.6. The number of aromatic amines is 1. The zero-order valence-electron chi connectivity index (χ0n) is 9.28. The van der Waals surface area contributed by atoms with Gasteiger partial charge in [-0.1, -0.05) is 12.1 Å². The van der Waals surface area contributed by atoms with E-state index in [-0.39, 0.29) is 5.91 Å². The van der Waals surface area contributed by atoms with Crippen molar-refractivity contribution >= 4 is 5.91 Å². The number of hydrogen-bond donors (Lipinski definition) is 2. The number of H-pyrrole nitrogens is 1. The minimum Gasteiger partial charge on any atom is -0.488 e. The normalized spacial score (nSPS) is 12.3. The molecule has 0 bridgehead atoms. The number of para-hydroxylation sites is 1. The van der Waals surface area contributed by atoms with Crippen molar-refractivity contribution in [3.05, 3.63) is 35.5 Å². The first-order chi connectivity index (χ1) is 8.31. The third-order valence-electron chi connectivity index (χ3n) is 2.84. The predicted molar refractivity (Wildman–Crippen MR) is 61.7 cm³/mol. The van der Waals surface area contributed by atoms with Gasteiger partial charge in [0.2, 0.25) is 0 Å². The van der Waals surface area contributed by atoms with Gasteiger partial charge in [-0.25, -0.2) is 0 Å². The number of hydrogen-bond acceptors (Lipinski definition) is 3. The van der Waals surface area contributed by atoms with E-state index in [1.54, 1.807) is 7.05 Å². The Balaban J connectivity index is 2.16. The number of carbonyl (C=O) groups is 1. The molecule has 1 amide bonds. The fourth-order valence-electron chi connectivity index (χ4n) is 1.98. The maximum Gasteiger partial charge on any atom is 0.269 e. The van der Waals surface area contributed by atoms with Crippen LogP contribution in [-0.2, 0) is 6.61 Å². The highest BCUT2D eigenvalue weighted by Gasteiger charge is 2.25. The van der Waals surface area contributed by atoms with Crippen LogP contribution in [0, 0.1) is 0 Å². The van der Waals surface area contributed by atoms with Crippen molar-refractivity contribution in [2.24, 2.45) is 0 Å². The van der Waals surface area contributed by atoms with Crippen molar-refractivity contribution in [1.29, 1.82) is 0 Å². The third-order valence-corrected chi connectivity index (χ3v) is 2.84. The first-order valence-corrected chi connectivity index (χ1v) is 5.33. The van der Waals surface area contributed by atoms with E-state index in [0.29, 0.717) is 12.3 Å². The molecule has 5 nitrogen and oxygen atoms in total. The smallest absolute Gasteiger partial charge is 0.269 e. The largest absolute Gasteiger partial charge is 0.488 e. The van der Waals surface area contributed by atoms with Crippen LogP contribution < -0.4 is 10.1 Å². The van der Waals surface area contributed by atoms with E-state index in [0.717, 1.165) is 22.6 Å². The Morgan fingerprint density at radius 1 is 1.47 bits per heavy atom. The number of benzene rings is 1. The van der Waals surface area contributed by atoms with E-state index >= 15 is 0 Å². The van der Waals surface area contributed by atoms with Gasteiger partial charge in [0.05, 0.1) is 0 Å². The summed E-state index contributed by atoms with van der Waals surface area (Å²) < 4.78 is 5.60. The van der Waals surface area contributed by atoms with Crippen molar-refractivity contribution in [2.75, 3.05) is 7.05 Å². The molecule has 1 aromatic carbocycles. The van der Waals surface area contributed by atoms with Gasteiger partial charge in [-0.05, 0) is 12.1 Å². The molecule has 2 aromatic rings. The fraction of sp³-hybridized carbons (Fsp3) is 0.167. The molecule has 17 heavy (non-hydrogen) atoms. The molecule has 5 heteroatoms. The summed E-state index contributed by atoms with van der Waals surface area (Å²) in [5.74, 6) is 0.622. The highest BCUT2D eigenvalue weighted by atomic mass is 16.5.